The fraction of sp³-hybridized carbons (Fsp3) is 0.591. The van der Waals surface area contributed by atoms with Crippen molar-refractivity contribution in [3.8, 4) is 0 Å². The maximum atomic E-state index is 14.8. The van der Waals surface area contributed by atoms with E-state index in [9.17, 15) is 23.9 Å². The Labute approximate surface area is 185 Å². The molecule has 0 aliphatic carbocycles. The lowest BCUT2D eigenvalue weighted by atomic mass is 9.89. The molecule has 3 saturated heterocycles. The fourth-order valence-electron chi connectivity index (χ4n) is 4.83. The number of aliphatic hydroxyl groups is 1. The number of carbonyl (C=O) groups is 3. The molecule has 3 aliphatic heterocycles. The summed E-state index contributed by atoms with van der Waals surface area (Å²) in [5.41, 5.74) is -0.615. The van der Waals surface area contributed by atoms with Gasteiger partial charge in [0.15, 0.2) is 5.60 Å². The molecule has 3 heterocycles. The van der Waals surface area contributed by atoms with Crippen molar-refractivity contribution in [1.29, 1.82) is 0 Å². The highest BCUT2D eigenvalue weighted by atomic mass is 19.1. The zero-order valence-corrected chi connectivity index (χ0v) is 17.8. The van der Waals surface area contributed by atoms with Gasteiger partial charge in [-0.3, -0.25) is 14.9 Å². The maximum Gasteiger partial charge on any atom is 0.335 e. The van der Waals surface area contributed by atoms with E-state index in [1.54, 1.807) is 12.1 Å². The molecule has 0 spiro atoms. The van der Waals surface area contributed by atoms with Crippen molar-refractivity contribution in [2.45, 2.75) is 56.2 Å². The number of aliphatic carboxylic acids is 1. The summed E-state index contributed by atoms with van der Waals surface area (Å²) in [6.07, 6.45) is 2.74. The second-order valence-corrected chi connectivity index (χ2v) is 8.91. The molecule has 32 heavy (non-hydrogen) atoms. The molecule has 3 fully saturated rings. The van der Waals surface area contributed by atoms with Crippen LogP contribution in [-0.2, 0) is 14.4 Å². The Bertz CT molecular complexity index is 894. The fourth-order valence-corrected chi connectivity index (χ4v) is 4.83. The first kappa shape index (κ1) is 22.5. The van der Waals surface area contributed by atoms with Crippen LogP contribution in [-0.4, -0.2) is 76.8 Å². The lowest BCUT2D eigenvalue weighted by molar-refractivity contribution is -0.164. The van der Waals surface area contributed by atoms with E-state index in [-0.39, 0.29) is 31.0 Å². The first-order valence-corrected chi connectivity index (χ1v) is 11.1. The van der Waals surface area contributed by atoms with Gasteiger partial charge >= 0.3 is 5.97 Å². The number of halogens is 1. The van der Waals surface area contributed by atoms with Crippen LogP contribution in [0.3, 0.4) is 0 Å². The number of benzene rings is 1. The van der Waals surface area contributed by atoms with Crippen molar-refractivity contribution in [1.82, 2.24) is 10.2 Å². The third kappa shape index (κ3) is 4.71. The average Bonchev–Trinajstić information content (AvgIpc) is 2.77. The number of nitrogens with one attached hydrogen (secondary N) is 2. The third-order valence-corrected chi connectivity index (χ3v) is 6.87. The number of anilines is 2. The summed E-state index contributed by atoms with van der Waals surface area (Å²) in [7, 11) is 0. The molecule has 1 unspecified atom stereocenters. The molecule has 0 saturated carbocycles. The largest absolute Gasteiger partial charge is 0.479 e. The van der Waals surface area contributed by atoms with Crippen LogP contribution in [0.1, 0.15) is 38.5 Å². The lowest BCUT2D eigenvalue weighted by Crippen LogP contribution is -2.54. The predicted octanol–water partition coefficient (Wildman–Crippen LogP) is 0.923. The Hall–Kier alpha value is -2.72. The quantitative estimate of drug-likeness (QED) is 0.491. The number of hydrogen-bond donors (Lipinski definition) is 4. The Morgan fingerprint density at radius 3 is 2.41 bits per heavy atom. The summed E-state index contributed by atoms with van der Waals surface area (Å²) >= 11 is 0. The Morgan fingerprint density at radius 1 is 1.12 bits per heavy atom. The molecule has 174 valence electrons. The maximum absolute atomic E-state index is 14.8. The second-order valence-electron chi connectivity index (χ2n) is 8.91. The number of piperidine rings is 3. The summed E-state index contributed by atoms with van der Waals surface area (Å²) in [5.74, 6) is -2.21. The summed E-state index contributed by atoms with van der Waals surface area (Å²) in [4.78, 5) is 38.6. The van der Waals surface area contributed by atoms with Gasteiger partial charge in [-0.1, -0.05) is 0 Å². The third-order valence-electron chi connectivity index (χ3n) is 6.87. The number of amides is 2. The Kier molecular flexibility index (Phi) is 6.34. The molecule has 0 radical (unpaired) electrons. The van der Waals surface area contributed by atoms with Gasteiger partial charge in [-0.2, -0.15) is 0 Å². The van der Waals surface area contributed by atoms with Crippen LogP contribution in [0.25, 0.3) is 0 Å². The topological polar surface area (TPSA) is 122 Å². The van der Waals surface area contributed by atoms with Crippen LogP contribution in [0.15, 0.2) is 18.2 Å². The smallest absolute Gasteiger partial charge is 0.335 e. The highest BCUT2D eigenvalue weighted by Crippen LogP contribution is 2.30. The van der Waals surface area contributed by atoms with Crippen LogP contribution in [0.4, 0.5) is 15.8 Å². The van der Waals surface area contributed by atoms with E-state index in [1.165, 1.54) is 6.07 Å². The molecule has 9 nitrogen and oxygen atoms in total. The van der Waals surface area contributed by atoms with Crippen molar-refractivity contribution in [3.63, 3.8) is 0 Å². The number of carbonyl (C=O) groups excluding carboxylic acids is 2. The van der Waals surface area contributed by atoms with E-state index in [2.05, 4.69) is 15.5 Å². The molecule has 2 amide bonds. The molecule has 0 aromatic heterocycles. The van der Waals surface area contributed by atoms with E-state index in [1.807, 2.05) is 4.90 Å². The van der Waals surface area contributed by atoms with E-state index in [0.717, 1.165) is 12.8 Å². The van der Waals surface area contributed by atoms with Gasteiger partial charge in [-0.25, -0.2) is 9.18 Å². The first-order valence-electron chi connectivity index (χ1n) is 11.1. The molecule has 3 aliphatic rings. The average molecular weight is 448 g/mol. The number of imide groups is 1. The van der Waals surface area contributed by atoms with Crippen LogP contribution in [0.2, 0.25) is 0 Å². The van der Waals surface area contributed by atoms with Crippen molar-refractivity contribution >= 4 is 29.2 Å². The number of nitrogens with zero attached hydrogens (tertiary/aromatic N) is 2. The SMILES string of the molecule is O=C1CCC(Nc2ccc(N3CCC(N4CCC(O)(C(=O)O)CC4)CC3)c(F)c2)C(=O)N1. The zero-order valence-electron chi connectivity index (χ0n) is 17.8. The van der Waals surface area contributed by atoms with Gasteiger partial charge in [0.05, 0.1) is 5.69 Å². The van der Waals surface area contributed by atoms with Crippen molar-refractivity contribution in [2.24, 2.45) is 0 Å². The monoisotopic (exact) mass is 448 g/mol. The first-order chi connectivity index (χ1) is 15.2. The summed E-state index contributed by atoms with van der Waals surface area (Å²) < 4.78 is 14.8. The zero-order chi connectivity index (χ0) is 22.9. The van der Waals surface area contributed by atoms with E-state index in [4.69, 9.17) is 5.11 Å². The molecule has 1 aromatic rings. The molecule has 10 heteroatoms. The standard InChI is InChI=1S/C22H29FN4O5/c23-16-13-14(24-17-2-4-19(28)25-20(17)29)1-3-18(16)27-9-5-15(6-10-27)26-11-7-22(32,8-12-26)21(30)31/h1,3,13,15,17,24,32H,2,4-12H2,(H,30,31)(H,25,28,29). The van der Waals surface area contributed by atoms with Crippen LogP contribution < -0.4 is 15.5 Å². The van der Waals surface area contributed by atoms with E-state index in [0.29, 0.717) is 50.0 Å². The second kappa shape index (κ2) is 9.03. The predicted molar refractivity (Wildman–Crippen MR) is 115 cm³/mol. The van der Waals surface area contributed by atoms with Crippen LogP contribution >= 0.6 is 0 Å². The van der Waals surface area contributed by atoms with E-state index >= 15 is 0 Å². The van der Waals surface area contributed by atoms with Gasteiger partial charge in [0, 0.05) is 44.3 Å². The minimum atomic E-state index is -1.62. The summed E-state index contributed by atoms with van der Waals surface area (Å²) in [6.45, 7) is 2.45. The number of rotatable bonds is 5. The number of hydrogen-bond acceptors (Lipinski definition) is 7. The van der Waals surface area contributed by atoms with Gasteiger partial charge in [-0.15, -0.1) is 0 Å². The summed E-state index contributed by atoms with van der Waals surface area (Å²) in [6, 6.07) is 4.56. The van der Waals surface area contributed by atoms with Gasteiger partial charge in [-0.05, 0) is 50.3 Å². The van der Waals surface area contributed by atoms with E-state index < -0.39 is 23.5 Å². The van der Waals surface area contributed by atoms with Crippen molar-refractivity contribution in [3.05, 3.63) is 24.0 Å². The van der Waals surface area contributed by atoms with Crippen LogP contribution in [0.5, 0.6) is 0 Å². The molecular formula is C22H29FN4O5. The molecule has 4 rings (SSSR count). The van der Waals surface area contributed by atoms with Gasteiger partial charge in [0.1, 0.15) is 11.9 Å². The van der Waals surface area contributed by atoms with Gasteiger partial charge < -0.3 is 25.3 Å². The van der Waals surface area contributed by atoms with Crippen LogP contribution in [0, 0.1) is 5.82 Å². The Balaban J connectivity index is 1.31. The molecule has 4 N–H and O–H groups in total. The lowest BCUT2D eigenvalue weighted by Gasteiger charge is -2.43. The Morgan fingerprint density at radius 2 is 1.81 bits per heavy atom. The van der Waals surface area contributed by atoms with Crippen molar-refractivity contribution in [2.75, 3.05) is 36.4 Å². The van der Waals surface area contributed by atoms with Gasteiger partial charge in [0.2, 0.25) is 11.8 Å². The number of likely N-dealkylation sites (tertiary alicyclic amines) is 1. The normalized spacial score (nSPS) is 24.8. The number of carboxylic acids is 1. The van der Waals surface area contributed by atoms with Gasteiger partial charge in [0.25, 0.3) is 0 Å². The molecular weight excluding hydrogens is 419 g/mol. The molecule has 1 aromatic carbocycles. The minimum Gasteiger partial charge on any atom is -0.479 e. The molecule has 0 bridgehead atoms. The highest BCUT2D eigenvalue weighted by Gasteiger charge is 2.41. The highest BCUT2D eigenvalue weighted by molar-refractivity contribution is 6.01. The molecule has 1 atom stereocenters. The van der Waals surface area contributed by atoms with Crippen molar-refractivity contribution < 1.29 is 29.0 Å². The number of carboxylic acid groups (broad SMARTS) is 1. The minimum absolute atomic E-state index is 0.221. The summed E-state index contributed by atoms with van der Waals surface area (Å²) in [5, 5.41) is 24.6.